The number of ether oxygens (including phenoxy) is 3. The average molecular weight is 1120 g/mol. The van der Waals surface area contributed by atoms with Crippen LogP contribution in [-0.4, -0.2) is 37.2 Å². The second-order valence-electron chi connectivity index (χ2n) is 23.8. The Morgan fingerprint density at radius 2 is 0.475 bits per heavy atom. The Hall–Kier alpha value is -2.89. The number of hydrogen-bond donors (Lipinski definition) is 0. The van der Waals surface area contributed by atoms with E-state index in [4.69, 9.17) is 14.2 Å². The van der Waals surface area contributed by atoms with Gasteiger partial charge in [-0.05, 0) is 103 Å². The van der Waals surface area contributed by atoms with E-state index < -0.39 is 6.10 Å². The molecule has 1 unspecified atom stereocenters. The fourth-order valence-electron chi connectivity index (χ4n) is 10.4. The van der Waals surface area contributed by atoms with Crippen molar-refractivity contribution in [3.63, 3.8) is 0 Å². The summed E-state index contributed by atoms with van der Waals surface area (Å²) in [5.74, 6) is -0.881. The molecule has 0 fully saturated rings. The van der Waals surface area contributed by atoms with Crippen LogP contribution in [0, 0.1) is 0 Å². The van der Waals surface area contributed by atoms with Crippen molar-refractivity contribution in [2.45, 2.75) is 380 Å². The Bertz CT molecular complexity index is 1430. The third-order valence-electron chi connectivity index (χ3n) is 15.7. The van der Waals surface area contributed by atoms with Gasteiger partial charge in [-0.3, -0.25) is 14.4 Å². The van der Waals surface area contributed by atoms with Gasteiger partial charge < -0.3 is 14.2 Å². The minimum Gasteiger partial charge on any atom is -0.462 e. The molecule has 0 aliphatic rings. The molecule has 0 spiro atoms. The number of carbonyl (C=O) groups is 3. The zero-order valence-electron chi connectivity index (χ0n) is 53.6. The van der Waals surface area contributed by atoms with Crippen LogP contribution in [0.15, 0.2) is 60.8 Å². The van der Waals surface area contributed by atoms with Gasteiger partial charge in [-0.2, -0.15) is 0 Å². The summed E-state index contributed by atoms with van der Waals surface area (Å²) >= 11 is 0. The van der Waals surface area contributed by atoms with E-state index in [9.17, 15) is 14.4 Å². The van der Waals surface area contributed by atoms with Gasteiger partial charge in [0.2, 0.25) is 0 Å². The van der Waals surface area contributed by atoms with Gasteiger partial charge in [0.1, 0.15) is 13.2 Å². The molecule has 0 radical (unpaired) electrons. The van der Waals surface area contributed by atoms with Gasteiger partial charge >= 0.3 is 17.9 Å². The number of esters is 3. The number of unbranched alkanes of at least 4 members (excludes halogenated alkanes) is 44. The summed E-state index contributed by atoms with van der Waals surface area (Å²) in [4.78, 5) is 38.3. The smallest absolute Gasteiger partial charge is 0.306 e. The van der Waals surface area contributed by atoms with Gasteiger partial charge in [-0.25, -0.2) is 0 Å². The molecule has 0 amide bonds. The van der Waals surface area contributed by atoms with Gasteiger partial charge in [-0.15, -0.1) is 0 Å². The Morgan fingerprint density at radius 1 is 0.250 bits per heavy atom. The lowest BCUT2D eigenvalue weighted by Gasteiger charge is -2.18. The van der Waals surface area contributed by atoms with Crippen molar-refractivity contribution in [2.24, 2.45) is 0 Å². The molecule has 0 aliphatic carbocycles. The molecular weight excluding hydrogens is 985 g/mol. The van der Waals surface area contributed by atoms with Gasteiger partial charge in [0.15, 0.2) is 6.10 Å². The van der Waals surface area contributed by atoms with E-state index in [0.717, 1.165) is 103 Å². The Balaban J connectivity index is 4.12. The standard InChI is InChI=1S/C74H134O6/c1-4-7-10-13-16-19-22-25-27-29-30-31-32-33-34-35-36-37-38-39-40-41-42-43-44-45-47-49-52-55-58-61-64-67-73(76)79-70-71(69-78-72(75)66-63-60-57-54-51-48-24-21-18-15-12-9-6-3)80-74(77)68-65-62-59-56-53-50-46-28-26-23-20-17-14-11-8-5-2/h12,15,21-22,24-25,28-30,46,71H,4-11,13-14,16-20,23,26-27,31-45,47-70H2,1-3H3/b15-12-,24-21-,25-22-,30-29-,46-28-. The summed E-state index contributed by atoms with van der Waals surface area (Å²) in [5.41, 5.74) is 0. The minimum absolute atomic E-state index is 0.0783. The molecule has 6 heteroatoms. The second-order valence-corrected chi connectivity index (χ2v) is 23.8. The first-order valence-electron chi connectivity index (χ1n) is 35.3. The largest absolute Gasteiger partial charge is 0.462 e. The van der Waals surface area contributed by atoms with Crippen LogP contribution in [0.4, 0.5) is 0 Å². The molecule has 0 aliphatic heterocycles. The molecule has 0 aromatic rings. The average Bonchev–Trinajstić information content (AvgIpc) is 3.46. The predicted octanol–water partition coefficient (Wildman–Crippen LogP) is 24.3. The lowest BCUT2D eigenvalue weighted by Crippen LogP contribution is -2.30. The van der Waals surface area contributed by atoms with E-state index in [1.54, 1.807) is 0 Å². The van der Waals surface area contributed by atoms with Crippen molar-refractivity contribution < 1.29 is 28.6 Å². The predicted molar refractivity (Wildman–Crippen MR) is 348 cm³/mol. The normalized spacial score (nSPS) is 12.4. The van der Waals surface area contributed by atoms with Gasteiger partial charge in [-0.1, -0.05) is 313 Å². The molecule has 0 bridgehead atoms. The third kappa shape index (κ3) is 65.9. The first-order chi connectivity index (χ1) is 39.5. The summed E-state index contributed by atoms with van der Waals surface area (Å²) in [6, 6.07) is 0. The highest BCUT2D eigenvalue weighted by Crippen LogP contribution is 2.18. The molecule has 0 N–H and O–H groups in total. The Kier molecular flexibility index (Phi) is 66.1. The third-order valence-corrected chi connectivity index (χ3v) is 15.7. The second kappa shape index (κ2) is 68.6. The van der Waals surface area contributed by atoms with E-state index in [0.29, 0.717) is 19.3 Å². The SMILES string of the molecule is CCC/C=C\C/C=C\CCCCCCCC(=O)OCC(COC(=O)CCCCCCCCCCCCCCCCCCCCCCC/C=C\C/C=C\CCCCCCC)OC(=O)CCCCCCC/C=C\CCCCCCCCC. The van der Waals surface area contributed by atoms with Crippen LogP contribution in [-0.2, 0) is 28.6 Å². The Labute approximate surface area is 498 Å². The maximum atomic E-state index is 12.9. The van der Waals surface area contributed by atoms with Crippen molar-refractivity contribution in [1.29, 1.82) is 0 Å². The molecule has 6 nitrogen and oxygen atoms in total. The van der Waals surface area contributed by atoms with Crippen molar-refractivity contribution in [3.05, 3.63) is 60.8 Å². The fourth-order valence-corrected chi connectivity index (χ4v) is 10.4. The number of allylic oxidation sites excluding steroid dienone is 10. The molecule has 0 aromatic carbocycles. The van der Waals surface area contributed by atoms with E-state index in [1.807, 2.05) is 0 Å². The van der Waals surface area contributed by atoms with Gasteiger partial charge in [0.05, 0.1) is 0 Å². The maximum absolute atomic E-state index is 12.9. The molecule has 0 aromatic heterocycles. The van der Waals surface area contributed by atoms with Crippen LogP contribution < -0.4 is 0 Å². The lowest BCUT2D eigenvalue weighted by molar-refractivity contribution is -0.167. The van der Waals surface area contributed by atoms with E-state index in [1.165, 1.54) is 231 Å². The van der Waals surface area contributed by atoms with Crippen LogP contribution >= 0.6 is 0 Å². The topological polar surface area (TPSA) is 78.9 Å². The van der Waals surface area contributed by atoms with Crippen molar-refractivity contribution in [1.82, 2.24) is 0 Å². The van der Waals surface area contributed by atoms with Crippen LogP contribution in [0.25, 0.3) is 0 Å². The number of rotatable bonds is 65. The molecule has 466 valence electrons. The highest BCUT2D eigenvalue weighted by molar-refractivity contribution is 5.71. The first-order valence-corrected chi connectivity index (χ1v) is 35.3. The zero-order chi connectivity index (χ0) is 57.8. The van der Waals surface area contributed by atoms with Crippen LogP contribution in [0.1, 0.15) is 374 Å². The number of carbonyl (C=O) groups excluding carboxylic acids is 3. The van der Waals surface area contributed by atoms with Gasteiger partial charge in [0.25, 0.3) is 0 Å². The summed E-state index contributed by atoms with van der Waals surface area (Å²) in [7, 11) is 0. The highest BCUT2D eigenvalue weighted by Gasteiger charge is 2.19. The summed E-state index contributed by atoms with van der Waals surface area (Å²) in [5, 5.41) is 0. The molecule has 80 heavy (non-hydrogen) atoms. The van der Waals surface area contributed by atoms with Crippen LogP contribution in [0.3, 0.4) is 0 Å². The van der Waals surface area contributed by atoms with E-state index in [2.05, 4.69) is 81.5 Å². The first kappa shape index (κ1) is 77.1. The lowest BCUT2D eigenvalue weighted by atomic mass is 10.0. The van der Waals surface area contributed by atoms with Crippen molar-refractivity contribution in [2.75, 3.05) is 13.2 Å². The van der Waals surface area contributed by atoms with Crippen molar-refractivity contribution in [3.8, 4) is 0 Å². The van der Waals surface area contributed by atoms with Crippen LogP contribution in [0.5, 0.6) is 0 Å². The van der Waals surface area contributed by atoms with E-state index >= 15 is 0 Å². The number of hydrogen-bond acceptors (Lipinski definition) is 6. The summed E-state index contributed by atoms with van der Waals surface area (Å²) in [6.45, 7) is 6.59. The molecule has 0 saturated heterocycles. The van der Waals surface area contributed by atoms with E-state index in [-0.39, 0.29) is 31.1 Å². The maximum Gasteiger partial charge on any atom is 0.306 e. The van der Waals surface area contributed by atoms with Crippen molar-refractivity contribution >= 4 is 17.9 Å². The molecule has 1 atom stereocenters. The summed E-state index contributed by atoms with van der Waals surface area (Å²) in [6.07, 6.45) is 88.4. The van der Waals surface area contributed by atoms with Gasteiger partial charge in [0, 0.05) is 19.3 Å². The monoisotopic (exact) mass is 1120 g/mol. The summed E-state index contributed by atoms with van der Waals surface area (Å²) < 4.78 is 16.9. The zero-order valence-corrected chi connectivity index (χ0v) is 53.6. The molecular formula is C74H134O6. The highest BCUT2D eigenvalue weighted by atomic mass is 16.6. The molecule has 0 rings (SSSR count). The quantitative estimate of drug-likeness (QED) is 0.0261. The fraction of sp³-hybridized carbons (Fsp3) is 0.824. The van der Waals surface area contributed by atoms with Crippen LogP contribution in [0.2, 0.25) is 0 Å². The minimum atomic E-state index is -0.783. The Morgan fingerprint density at radius 3 is 0.750 bits per heavy atom. The molecule has 0 saturated carbocycles. The molecule has 0 heterocycles.